The van der Waals surface area contributed by atoms with Crippen molar-refractivity contribution >= 4 is 21.7 Å². The van der Waals surface area contributed by atoms with Gasteiger partial charge in [-0.1, -0.05) is 0 Å². The Balaban J connectivity index is 2.68. The molecule has 1 amide bonds. The van der Waals surface area contributed by atoms with Gasteiger partial charge < -0.3 is 10.6 Å². The van der Waals surface area contributed by atoms with E-state index in [0.717, 1.165) is 5.69 Å². The van der Waals surface area contributed by atoms with E-state index in [-0.39, 0.29) is 18.2 Å². The predicted molar refractivity (Wildman–Crippen MR) is 78.3 cm³/mol. The molecule has 7 nitrogen and oxygen atoms in total. The van der Waals surface area contributed by atoms with Crippen molar-refractivity contribution in [2.45, 2.75) is 13.8 Å². The van der Waals surface area contributed by atoms with E-state index in [1.165, 1.54) is 7.05 Å². The highest BCUT2D eigenvalue weighted by Gasteiger charge is 2.11. The minimum atomic E-state index is -3.31. The number of sulfonamides is 1. The molecule has 0 atom stereocenters. The number of carbonyl (C=O) groups is 1. The predicted octanol–water partition coefficient (Wildman–Crippen LogP) is 0.101. The number of amides is 1. The van der Waals surface area contributed by atoms with Crippen LogP contribution in [0.4, 0.5) is 5.82 Å². The van der Waals surface area contributed by atoms with Gasteiger partial charge in [-0.15, -0.1) is 0 Å². The third kappa shape index (κ3) is 5.14. The lowest BCUT2D eigenvalue weighted by molar-refractivity contribution is 0.0956. The zero-order valence-corrected chi connectivity index (χ0v) is 12.7. The van der Waals surface area contributed by atoms with Gasteiger partial charge in [0.15, 0.2) is 0 Å². The first-order chi connectivity index (χ1) is 9.38. The van der Waals surface area contributed by atoms with Gasteiger partial charge in [-0.3, -0.25) is 4.79 Å². The lowest BCUT2D eigenvalue weighted by Gasteiger charge is -2.09. The first kappa shape index (κ1) is 16.4. The molecule has 0 aromatic carbocycles. The molecule has 1 rings (SSSR count). The molecule has 0 aliphatic rings. The Hall–Kier alpha value is -1.67. The fourth-order valence-corrected chi connectivity index (χ4v) is 2.15. The third-order valence-electron chi connectivity index (χ3n) is 2.54. The van der Waals surface area contributed by atoms with Crippen molar-refractivity contribution in [1.29, 1.82) is 0 Å². The van der Waals surface area contributed by atoms with Crippen molar-refractivity contribution < 1.29 is 13.2 Å². The second-order valence-corrected chi connectivity index (χ2v) is 6.24. The largest absolute Gasteiger partial charge is 0.370 e. The van der Waals surface area contributed by atoms with Gasteiger partial charge in [-0.2, -0.15) is 0 Å². The number of aromatic nitrogens is 1. The van der Waals surface area contributed by atoms with E-state index in [0.29, 0.717) is 17.9 Å². The van der Waals surface area contributed by atoms with E-state index in [1.54, 1.807) is 19.1 Å². The Morgan fingerprint density at radius 1 is 1.35 bits per heavy atom. The second-order valence-electron chi connectivity index (χ2n) is 4.19. The molecule has 0 unspecified atom stereocenters. The van der Waals surface area contributed by atoms with Crippen molar-refractivity contribution in [3.8, 4) is 0 Å². The highest BCUT2D eigenvalue weighted by atomic mass is 32.2. The van der Waals surface area contributed by atoms with Gasteiger partial charge in [0.2, 0.25) is 10.0 Å². The van der Waals surface area contributed by atoms with Gasteiger partial charge >= 0.3 is 0 Å². The maximum absolute atomic E-state index is 11.9. The van der Waals surface area contributed by atoms with Crippen LogP contribution in [0.1, 0.15) is 23.0 Å². The van der Waals surface area contributed by atoms with Gasteiger partial charge in [0.1, 0.15) is 5.82 Å². The van der Waals surface area contributed by atoms with Crippen LogP contribution >= 0.6 is 0 Å². The monoisotopic (exact) mass is 300 g/mol. The van der Waals surface area contributed by atoms with Gasteiger partial charge in [-0.25, -0.2) is 18.1 Å². The van der Waals surface area contributed by atoms with E-state index >= 15 is 0 Å². The fraction of sp³-hybridized carbons (Fsp3) is 0.500. The highest BCUT2D eigenvalue weighted by molar-refractivity contribution is 7.89. The highest BCUT2D eigenvalue weighted by Crippen LogP contribution is 2.09. The summed E-state index contributed by atoms with van der Waals surface area (Å²) in [5.41, 5.74) is 1.17. The van der Waals surface area contributed by atoms with Crippen molar-refractivity contribution in [2.24, 2.45) is 0 Å². The second kappa shape index (κ2) is 7.20. The Bertz CT molecular complexity index is 572. The fourth-order valence-electron chi connectivity index (χ4n) is 1.57. The number of pyridine rings is 1. The maximum Gasteiger partial charge on any atom is 0.251 e. The number of rotatable bonds is 7. The van der Waals surface area contributed by atoms with Crippen LogP contribution in [0.15, 0.2) is 12.1 Å². The van der Waals surface area contributed by atoms with Crippen LogP contribution in [0.2, 0.25) is 0 Å². The molecular formula is C12H20N4O3S. The number of carbonyl (C=O) groups excluding carboxylic acids is 1. The third-order valence-corrected chi connectivity index (χ3v) is 3.90. The Morgan fingerprint density at radius 3 is 2.65 bits per heavy atom. The Labute approximate surface area is 119 Å². The molecule has 3 N–H and O–H groups in total. The molecule has 112 valence electrons. The van der Waals surface area contributed by atoms with E-state index in [1.807, 2.05) is 6.92 Å². The molecule has 20 heavy (non-hydrogen) atoms. The maximum atomic E-state index is 11.9. The van der Waals surface area contributed by atoms with E-state index in [4.69, 9.17) is 0 Å². The topological polar surface area (TPSA) is 100 Å². The van der Waals surface area contributed by atoms with Gasteiger partial charge in [-0.05, 0) is 33.0 Å². The lowest BCUT2D eigenvalue weighted by atomic mass is 10.2. The van der Waals surface area contributed by atoms with Crippen LogP contribution in [0.3, 0.4) is 0 Å². The first-order valence-corrected chi connectivity index (χ1v) is 7.95. The Morgan fingerprint density at radius 2 is 2.05 bits per heavy atom. The van der Waals surface area contributed by atoms with E-state index in [9.17, 15) is 13.2 Å². The van der Waals surface area contributed by atoms with Crippen LogP contribution in [-0.4, -0.2) is 45.2 Å². The molecule has 1 aromatic rings. The summed E-state index contributed by atoms with van der Waals surface area (Å²) in [4.78, 5) is 16.2. The molecular weight excluding hydrogens is 280 g/mol. The summed E-state index contributed by atoms with van der Waals surface area (Å²) in [7, 11) is -1.97. The standard InChI is InChI=1S/C12H20N4O3S/c1-4-14-11-8-10(7-9(2)16-11)12(17)15-5-6-20(18,19)13-3/h7-8,13H,4-6H2,1-3H3,(H,14,16)(H,15,17). The molecule has 0 aliphatic carbocycles. The first-order valence-electron chi connectivity index (χ1n) is 6.30. The minimum absolute atomic E-state index is 0.0555. The molecule has 0 fully saturated rings. The van der Waals surface area contributed by atoms with Crippen molar-refractivity contribution in [3.05, 3.63) is 23.4 Å². The molecule has 0 saturated heterocycles. The molecule has 0 aliphatic heterocycles. The van der Waals surface area contributed by atoms with Crippen LogP contribution in [-0.2, 0) is 10.0 Å². The SMILES string of the molecule is CCNc1cc(C(=O)NCCS(=O)(=O)NC)cc(C)n1. The normalized spacial score (nSPS) is 11.2. The molecule has 0 bridgehead atoms. The van der Waals surface area contributed by atoms with Crippen LogP contribution in [0, 0.1) is 6.92 Å². The van der Waals surface area contributed by atoms with Gasteiger partial charge in [0.05, 0.1) is 5.75 Å². The number of hydrogen-bond donors (Lipinski definition) is 3. The summed E-state index contributed by atoms with van der Waals surface area (Å²) in [5, 5.41) is 5.61. The van der Waals surface area contributed by atoms with Gasteiger partial charge in [0, 0.05) is 24.3 Å². The summed E-state index contributed by atoms with van der Waals surface area (Å²) in [6, 6.07) is 3.29. The summed E-state index contributed by atoms with van der Waals surface area (Å²) in [5.74, 6) is 0.154. The number of nitrogens with zero attached hydrogens (tertiary/aromatic N) is 1. The molecule has 1 aromatic heterocycles. The molecule has 0 spiro atoms. The van der Waals surface area contributed by atoms with Crippen LogP contribution < -0.4 is 15.4 Å². The average molecular weight is 300 g/mol. The Kier molecular flexibility index (Phi) is 5.90. The summed E-state index contributed by atoms with van der Waals surface area (Å²) in [6.45, 7) is 4.49. The summed E-state index contributed by atoms with van der Waals surface area (Å²) in [6.07, 6.45) is 0. The van der Waals surface area contributed by atoms with E-state index < -0.39 is 10.0 Å². The average Bonchev–Trinajstić information content (AvgIpc) is 2.38. The minimum Gasteiger partial charge on any atom is -0.370 e. The zero-order valence-electron chi connectivity index (χ0n) is 11.9. The number of anilines is 1. The zero-order chi connectivity index (χ0) is 15.2. The number of nitrogens with one attached hydrogen (secondary N) is 3. The quantitative estimate of drug-likeness (QED) is 0.663. The summed E-state index contributed by atoms with van der Waals surface area (Å²) < 4.78 is 24.6. The smallest absolute Gasteiger partial charge is 0.251 e. The molecule has 8 heteroatoms. The van der Waals surface area contributed by atoms with E-state index in [2.05, 4.69) is 20.3 Å². The van der Waals surface area contributed by atoms with Crippen molar-refractivity contribution in [3.63, 3.8) is 0 Å². The molecule has 0 saturated carbocycles. The van der Waals surface area contributed by atoms with Crippen LogP contribution in [0.25, 0.3) is 0 Å². The van der Waals surface area contributed by atoms with Crippen molar-refractivity contribution in [2.75, 3.05) is 31.2 Å². The molecule has 1 heterocycles. The van der Waals surface area contributed by atoms with Crippen molar-refractivity contribution in [1.82, 2.24) is 15.0 Å². The molecule has 0 radical (unpaired) electrons. The van der Waals surface area contributed by atoms with Crippen LogP contribution in [0.5, 0.6) is 0 Å². The lowest BCUT2D eigenvalue weighted by Crippen LogP contribution is -2.33. The van der Waals surface area contributed by atoms with Gasteiger partial charge in [0.25, 0.3) is 5.91 Å². The number of hydrogen-bond acceptors (Lipinski definition) is 5. The number of aryl methyl sites for hydroxylation is 1. The summed E-state index contributed by atoms with van der Waals surface area (Å²) >= 11 is 0.